The van der Waals surface area contributed by atoms with Gasteiger partial charge in [-0.05, 0) is 50.5 Å². The summed E-state index contributed by atoms with van der Waals surface area (Å²) in [5.41, 5.74) is 6.05. The standard InChI is InChI=1S/C34H51N9O9/c1-18(2)26-31(50)39-22(13-14-25(45)46)28(47)40-23(17-20-9-5-4-6-10-20)33(52)43-16-8-12-24(43)30(49)38-21(11-7-15-37-34(35)36)29(48)42-27(19(3)44)32(51)41-26/h4-6,9-10,18-19,21-24,26-27,44H,7-8,11-17H2,1-3H3,(H,38,49)(H,39,50)(H,40,47)(H,41,51)(H,42,48)(H,45,46)(H4,35,36,37). The summed E-state index contributed by atoms with van der Waals surface area (Å²) in [6, 6.07) is 0.978. The molecule has 1 aromatic rings. The van der Waals surface area contributed by atoms with Crippen LogP contribution in [-0.2, 0) is 40.0 Å². The predicted octanol–water partition coefficient (Wildman–Crippen LogP) is -2.18. The number of amides is 6. The van der Waals surface area contributed by atoms with Crippen molar-refractivity contribution >= 4 is 47.4 Å². The molecule has 52 heavy (non-hydrogen) atoms. The molecule has 2 heterocycles. The first-order valence-electron chi connectivity index (χ1n) is 17.4. The Balaban J connectivity index is 2.08. The molecule has 0 aliphatic carbocycles. The number of guanidine groups is 1. The average molecular weight is 730 g/mol. The van der Waals surface area contributed by atoms with Crippen molar-refractivity contribution in [2.75, 3.05) is 13.1 Å². The molecule has 0 bridgehead atoms. The van der Waals surface area contributed by atoms with Crippen molar-refractivity contribution in [3.8, 4) is 0 Å². The van der Waals surface area contributed by atoms with Crippen molar-refractivity contribution in [2.45, 2.75) is 108 Å². The number of hydrogen-bond acceptors (Lipinski definition) is 9. The van der Waals surface area contributed by atoms with Gasteiger partial charge in [-0.1, -0.05) is 44.2 Å². The number of hydrogen-bond donors (Lipinski definition) is 10. The van der Waals surface area contributed by atoms with E-state index in [1.54, 1.807) is 44.2 Å². The van der Waals surface area contributed by atoms with E-state index in [-0.39, 0.29) is 51.2 Å². The second-order valence-corrected chi connectivity index (χ2v) is 13.4. The lowest BCUT2D eigenvalue weighted by Gasteiger charge is -2.32. The first-order chi connectivity index (χ1) is 24.6. The first-order valence-corrected chi connectivity index (χ1v) is 17.4. The maximum atomic E-state index is 14.2. The van der Waals surface area contributed by atoms with E-state index in [2.05, 4.69) is 31.9 Å². The number of nitrogens with one attached hydrogen (secondary N) is 7. The van der Waals surface area contributed by atoms with Gasteiger partial charge >= 0.3 is 5.97 Å². The molecule has 3 rings (SSSR count). The van der Waals surface area contributed by atoms with E-state index in [4.69, 9.17) is 11.1 Å². The summed E-state index contributed by atoms with van der Waals surface area (Å²) in [5.74, 6) is -6.77. The monoisotopic (exact) mass is 729 g/mol. The van der Waals surface area contributed by atoms with Crippen LogP contribution in [0, 0.1) is 11.3 Å². The molecule has 7 atom stereocenters. The minimum absolute atomic E-state index is 0.00936. The smallest absolute Gasteiger partial charge is 0.303 e. The topological polar surface area (TPSA) is 285 Å². The highest BCUT2D eigenvalue weighted by Crippen LogP contribution is 2.21. The second kappa shape index (κ2) is 19.4. The van der Waals surface area contributed by atoms with Crippen molar-refractivity contribution in [2.24, 2.45) is 11.7 Å². The lowest BCUT2D eigenvalue weighted by atomic mass is 10.00. The maximum Gasteiger partial charge on any atom is 0.303 e. The van der Waals surface area contributed by atoms with Gasteiger partial charge in [0.25, 0.3) is 0 Å². The van der Waals surface area contributed by atoms with Crippen LogP contribution in [0.2, 0.25) is 0 Å². The number of carbonyl (C=O) groups excluding carboxylic acids is 6. The Labute approximate surface area is 301 Å². The van der Waals surface area contributed by atoms with E-state index in [9.17, 15) is 43.8 Å². The molecule has 7 unspecified atom stereocenters. The molecule has 0 radical (unpaired) electrons. The molecule has 6 amide bonds. The van der Waals surface area contributed by atoms with Gasteiger partial charge in [-0.15, -0.1) is 0 Å². The van der Waals surface area contributed by atoms with Gasteiger partial charge in [0.2, 0.25) is 35.4 Å². The summed E-state index contributed by atoms with van der Waals surface area (Å²) in [5, 5.41) is 42.8. The molecule has 2 aliphatic rings. The van der Waals surface area contributed by atoms with Gasteiger partial charge in [-0.2, -0.15) is 0 Å². The van der Waals surface area contributed by atoms with Crippen LogP contribution in [0.15, 0.2) is 30.3 Å². The van der Waals surface area contributed by atoms with Crippen LogP contribution in [-0.4, -0.2) is 118 Å². The molecule has 18 nitrogen and oxygen atoms in total. The van der Waals surface area contributed by atoms with E-state index < -0.39 is 96.1 Å². The van der Waals surface area contributed by atoms with E-state index in [1.165, 1.54) is 11.8 Å². The van der Waals surface area contributed by atoms with Crippen molar-refractivity contribution in [1.82, 2.24) is 36.8 Å². The van der Waals surface area contributed by atoms with Gasteiger partial charge in [0.15, 0.2) is 5.96 Å². The molecule has 1 aromatic carbocycles. The molecule has 2 saturated heterocycles. The number of carboxylic acid groups (broad SMARTS) is 1. The summed E-state index contributed by atoms with van der Waals surface area (Å²) in [7, 11) is 0. The average Bonchev–Trinajstić information content (AvgIpc) is 3.58. The third kappa shape index (κ3) is 11.9. The summed E-state index contributed by atoms with van der Waals surface area (Å²) in [6.45, 7) is 4.83. The Kier molecular flexibility index (Phi) is 15.3. The number of nitrogens with zero attached hydrogens (tertiary/aromatic N) is 1. The number of fused-ring (bicyclic) bond motifs is 1. The third-order valence-corrected chi connectivity index (χ3v) is 8.94. The largest absolute Gasteiger partial charge is 0.481 e. The van der Waals surface area contributed by atoms with Crippen LogP contribution in [0.1, 0.15) is 64.9 Å². The minimum Gasteiger partial charge on any atom is -0.481 e. The minimum atomic E-state index is -1.58. The number of carboxylic acids is 1. The molecule has 2 fully saturated rings. The molecule has 0 spiro atoms. The summed E-state index contributed by atoms with van der Waals surface area (Å²) in [4.78, 5) is 95.6. The van der Waals surface area contributed by atoms with Crippen molar-refractivity contribution < 1.29 is 43.8 Å². The zero-order valence-electron chi connectivity index (χ0n) is 29.6. The molecule has 2 aliphatic heterocycles. The molecule has 18 heteroatoms. The fraction of sp³-hybridized carbons (Fsp3) is 0.588. The van der Waals surface area contributed by atoms with Crippen LogP contribution in [0.3, 0.4) is 0 Å². The summed E-state index contributed by atoms with van der Waals surface area (Å²) < 4.78 is 0. The van der Waals surface area contributed by atoms with E-state index in [0.717, 1.165) is 0 Å². The van der Waals surface area contributed by atoms with Crippen molar-refractivity contribution in [1.29, 1.82) is 5.41 Å². The lowest BCUT2D eigenvalue weighted by molar-refractivity contribution is -0.143. The van der Waals surface area contributed by atoms with Gasteiger partial charge in [0, 0.05) is 25.9 Å². The zero-order chi connectivity index (χ0) is 38.5. The Morgan fingerprint density at radius 3 is 2.06 bits per heavy atom. The normalized spacial score (nSPS) is 25.8. The van der Waals surface area contributed by atoms with Crippen LogP contribution in [0.4, 0.5) is 0 Å². The number of rotatable bonds is 11. The van der Waals surface area contributed by atoms with Gasteiger partial charge in [0.05, 0.1) is 6.10 Å². The number of nitrogens with two attached hydrogens (primary N) is 1. The quantitative estimate of drug-likeness (QED) is 0.0664. The predicted molar refractivity (Wildman–Crippen MR) is 187 cm³/mol. The third-order valence-electron chi connectivity index (χ3n) is 8.94. The lowest BCUT2D eigenvalue weighted by Crippen LogP contribution is -2.63. The van der Waals surface area contributed by atoms with Gasteiger partial charge in [0.1, 0.15) is 36.3 Å². The van der Waals surface area contributed by atoms with Gasteiger partial charge in [-0.3, -0.25) is 39.0 Å². The summed E-state index contributed by atoms with van der Waals surface area (Å²) >= 11 is 0. The SMILES string of the molecule is CC(C)C1NC(=O)C(C(C)O)NC(=O)C(CCCNC(=N)N)NC(=O)C2CCCN2C(=O)C(Cc2ccccc2)NC(=O)C(CCC(=O)O)NC1=O. The van der Waals surface area contributed by atoms with Crippen molar-refractivity contribution in [3.63, 3.8) is 0 Å². The number of aliphatic hydroxyl groups is 1. The molecule has 286 valence electrons. The Bertz CT molecular complexity index is 1470. The highest BCUT2D eigenvalue weighted by molar-refractivity contribution is 5.98. The van der Waals surface area contributed by atoms with Crippen LogP contribution in [0.25, 0.3) is 0 Å². The van der Waals surface area contributed by atoms with Gasteiger partial charge < -0.3 is 52.7 Å². The molecule has 11 N–H and O–H groups in total. The Hall–Kier alpha value is -5.26. The van der Waals surface area contributed by atoms with Crippen LogP contribution < -0.4 is 37.6 Å². The summed E-state index contributed by atoms with van der Waals surface area (Å²) in [6.07, 6.45) is -1.35. The first kappa shape index (κ1) is 41.2. The zero-order valence-corrected chi connectivity index (χ0v) is 29.6. The fourth-order valence-corrected chi connectivity index (χ4v) is 6.13. The number of aliphatic carboxylic acids is 1. The molecule has 0 aromatic heterocycles. The van der Waals surface area contributed by atoms with Crippen LogP contribution in [0.5, 0.6) is 0 Å². The fourth-order valence-electron chi connectivity index (χ4n) is 6.13. The number of carbonyl (C=O) groups is 7. The Morgan fingerprint density at radius 2 is 1.44 bits per heavy atom. The maximum absolute atomic E-state index is 14.2. The Morgan fingerprint density at radius 1 is 0.865 bits per heavy atom. The van der Waals surface area contributed by atoms with Crippen molar-refractivity contribution in [3.05, 3.63) is 35.9 Å². The highest BCUT2D eigenvalue weighted by atomic mass is 16.4. The number of aliphatic hydroxyl groups excluding tert-OH is 1. The second-order valence-electron chi connectivity index (χ2n) is 13.4. The molecular weight excluding hydrogens is 678 g/mol. The van der Waals surface area contributed by atoms with E-state index in [0.29, 0.717) is 12.0 Å². The molecule has 0 saturated carbocycles. The highest BCUT2D eigenvalue weighted by Gasteiger charge is 2.41. The van der Waals surface area contributed by atoms with Crippen LogP contribution >= 0.6 is 0 Å². The molecular formula is C34H51N9O9. The van der Waals surface area contributed by atoms with E-state index in [1.807, 2.05) is 0 Å². The van der Waals surface area contributed by atoms with Gasteiger partial charge in [-0.25, -0.2) is 0 Å². The number of benzene rings is 1. The van der Waals surface area contributed by atoms with E-state index >= 15 is 0 Å².